The van der Waals surface area contributed by atoms with Gasteiger partial charge in [-0.25, -0.2) is 0 Å². The molecule has 3 aromatic rings. The van der Waals surface area contributed by atoms with E-state index in [4.69, 9.17) is 4.74 Å². The minimum Gasteiger partial charge on any atom is -0.497 e. The van der Waals surface area contributed by atoms with Crippen molar-refractivity contribution in [3.8, 4) is 5.75 Å². The molecule has 2 N–H and O–H groups in total. The third-order valence-electron chi connectivity index (χ3n) is 7.17. The molecule has 6 nitrogen and oxygen atoms in total. The van der Waals surface area contributed by atoms with Crippen LogP contribution in [0.5, 0.6) is 5.75 Å². The summed E-state index contributed by atoms with van der Waals surface area (Å²) in [6, 6.07) is 23.0. The standard InChI is InChI=1S/C31H33N3O3/c1-20-9-5-6-10-23(20)33-28(36)19-34-26-12-8-7-11-24(26)32-25-17-31(2,3)18-27(35)29(25)30(34)21-13-15-22(37-4)16-14-21/h5-16,30,32H,17-19H2,1-4H3,(H,33,36)/t30-/m0/s1. The molecule has 0 bridgehead atoms. The molecule has 5 rings (SSSR count). The lowest BCUT2D eigenvalue weighted by molar-refractivity contribution is -0.119. The normalized spacial score (nSPS) is 18.3. The van der Waals surface area contributed by atoms with Gasteiger partial charge < -0.3 is 20.3 Å². The predicted molar refractivity (Wildman–Crippen MR) is 148 cm³/mol. The van der Waals surface area contributed by atoms with Crippen molar-refractivity contribution in [2.45, 2.75) is 39.7 Å². The van der Waals surface area contributed by atoms with Gasteiger partial charge in [0.15, 0.2) is 5.78 Å². The average molecular weight is 496 g/mol. The van der Waals surface area contributed by atoms with Gasteiger partial charge in [-0.1, -0.05) is 56.3 Å². The number of allylic oxidation sites excluding steroid dienone is 1. The zero-order valence-electron chi connectivity index (χ0n) is 21.8. The Labute approximate surface area is 218 Å². The third-order valence-corrected chi connectivity index (χ3v) is 7.17. The molecular weight excluding hydrogens is 462 g/mol. The van der Waals surface area contributed by atoms with Crippen molar-refractivity contribution in [1.29, 1.82) is 0 Å². The van der Waals surface area contributed by atoms with Gasteiger partial charge in [-0.05, 0) is 60.2 Å². The molecule has 0 saturated heterocycles. The number of hydrogen-bond donors (Lipinski definition) is 2. The second-order valence-corrected chi connectivity index (χ2v) is 10.6. The number of rotatable bonds is 5. The Morgan fingerprint density at radius 2 is 1.73 bits per heavy atom. The third kappa shape index (κ3) is 4.96. The Kier molecular flexibility index (Phi) is 6.50. The van der Waals surface area contributed by atoms with Crippen molar-refractivity contribution in [2.24, 2.45) is 5.41 Å². The zero-order valence-corrected chi connectivity index (χ0v) is 21.8. The summed E-state index contributed by atoms with van der Waals surface area (Å²) in [7, 11) is 1.64. The maximum absolute atomic E-state index is 13.8. The molecule has 0 saturated carbocycles. The van der Waals surface area contributed by atoms with Crippen LogP contribution in [0, 0.1) is 12.3 Å². The van der Waals surface area contributed by atoms with Crippen LogP contribution in [0.2, 0.25) is 0 Å². The summed E-state index contributed by atoms with van der Waals surface area (Å²) in [6.45, 7) is 6.31. The van der Waals surface area contributed by atoms with Crippen LogP contribution in [0.15, 0.2) is 84.1 Å². The lowest BCUT2D eigenvalue weighted by Gasteiger charge is -2.38. The summed E-state index contributed by atoms with van der Waals surface area (Å²) in [6.07, 6.45) is 1.21. The molecule has 190 valence electrons. The number of nitrogens with one attached hydrogen (secondary N) is 2. The van der Waals surface area contributed by atoms with Gasteiger partial charge in [0.25, 0.3) is 0 Å². The zero-order chi connectivity index (χ0) is 26.2. The fourth-order valence-electron chi connectivity index (χ4n) is 5.42. The van der Waals surface area contributed by atoms with Gasteiger partial charge in [0, 0.05) is 23.4 Å². The van der Waals surface area contributed by atoms with E-state index in [2.05, 4.69) is 29.4 Å². The van der Waals surface area contributed by atoms with Crippen molar-refractivity contribution >= 4 is 28.8 Å². The van der Waals surface area contributed by atoms with Crippen molar-refractivity contribution in [2.75, 3.05) is 29.2 Å². The number of ketones is 1. The molecule has 0 radical (unpaired) electrons. The molecule has 6 heteroatoms. The topological polar surface area (TPSA) is 70.7 Å². The lowest BCUT2D eigenvalue weighted by atomic mass is 9.73. The second-order valence-electron chi connectivity index (χ2n) is 10.6. The van der Waals surface area contributed by atoms with E-state index in [1.165, 1.54) is 0 Å². The molecule has 37 heavy (non-hydrogen) atoms. The van der Waals surface area contributed by atoms with E-state index >= 15 is 0 Å². The van der Waals surface area contributed by atoms with Gasteiger partial charge in [-0.3, -0.25) is 9.59 Å². The van der Waals surface area contributed by atoms with Gasteiger partial charge in [0.1, 0.15) is 5.75 Å². The van der Waals surface area contributed by atoms with E-state index in [1.807, 2.05) is 79.7 Å². The van der Waals surface area contributed by atoms with Gasteiger partial charge in [0.2, 0.25) is 5.91 Å². The minimum atomic E-state index is -0.428. The number of ether oxygens (including phenoxy) is 1. The van der Waals surface area contributed by atoms with Crippen LogP contribution in [0.1, 0.15) is 43.9 Å². The van der Waals surface area contributed by atoms with E-state index < -0.39 is 6.04 Å². The van der Waals surface area contributed by atoms with Crippen LogP contribution >= 0.6 is 0 Å². The number of para-hydroxylation sites is 3. The Bertz CT molecular complexity index is 1370. The highest BCUT2D eigenvalue weighted by molar-refractivity contribution is 6.02. The second kappa shape index (κ2) is 9.77. The number of Topliss-reactive ketones (excluding diaryl/α,β-unsaturated/α-hetero) is 1. The monoisotopic (exact) mass is 495 g/mol. The number of amides is 1. The fourth-order valence-corrected chi connectivity index (χ4v) is 5.42. The molecule has 2 aliphatic rings. The number of carbonyl (C=O) groups is 2. The summed E-state index contributed by atoms with van der Waals surface area (Å²) < 4.78 is 5.39. The van der Waals surface area contributed by atoms with Crippen LogP contribution in [0.3, 0.4) is 0 Å². The van der Waals surface area contributed by atoms with Crippen molar-refractivity contribution in [1.82, 2.24) is 0 Å². The summed E-state index contributed by atoms with van der Waals surface area (Å²) >= 11 is 0. The highest BCUT2D eigenvalue weighted by atomic mass is 16.5. The quantitative estimate of drug-likeness (QED) is 0.437. The average Bonchev–Trinajstić information content (AvgIpc) is 2.99. The SMILES string of the molecule is COc1ccc([C@H]2C3=C(CC(C)(C)CC3=O)Nc3ccccc3N2CC(=O)Nc2ccccc2C)cc1. The Balaban J connectivity index is 1.64. The molecular formula is C31H33N3O3. The molecule has 1 atom stereocenters. The van der Waals surface area contributed by atoms with Gasteiger partial charge in [-0.15, -0.1) is 0 Å². The van der Waals surface area contributed by atoms with Crippen molar-refractivity contribution in [3.05, 3.63) is 95.2 Å². The molecule has 1 amide bonds. The van der Waals surface area contributed by atoms with Crippen LogP contribution < -0.4 is 20.3 Å². The van der Waals surface area contributed by atoms with Gasteiger partial charge in [-0.2, -0.15) is 0 Å². The van der Waals surface area contributed by atoms with E-state index in [9.17, 15) is 9.59 Å². The van der Waals surface area contributed by atoms with E-state index in [0.717, 1.165) is 51.6 Å². The molecule has 0 aromatic heterocycles. The molecule has 3 aromatic carbocycles. The van der Waals surface area contributed by atoms with Crippen LogP contribution in [-0.2, 0) is 9.59 Å². The molecule has 0 fully saturated rings. The first kappa shape index (κ1) is 24.6. The molecule has 1 aliphatic carbocycles. The first-order valence-corrected chi connectivity index (χ1v) is 12.6. The number of fused-ring (bicyclic) bond motifs is 1. The Morgan fingerprint density at radius 1 is 1.03 bits per heavy atom. The van der Waals surface area contributed by atoms with Crippen LogP contribution in [0.25, 0.3) is 0 Å². The molecule has 0 unspecified atom stereocenters. The predicted octanol–water partition coefficient (Wildman–Crippen LogP) is 6.26. The first-order valence-electron chi connectivity index (χ1n) is 12.6. The smallest absolute Gasteiger partial charge is 0.243 e. The summed E-state index contributed by atoms with van der Waals surface area (Å²) in [5, 5.41) is 6.67. The number of carbonyl (C=O) groups excluding carboxylic acids is 2. The number of anilines is 3. The minimum absolute atomic E-state index is 0.0805. The van der Waals surface area contributed by atoms with Crippen LogP contribution in [-0.4, -0.2) is 25.3 Å². The lowest BCUT2D eigenvalue weighted by Crippen LogP contribution is -2.40. The van der Waals surface area contributed by atoms with E-state index in [1.54, 1.807) is 7.11 Å². The molecule has 0 spiro atoms. The van der Waals surface area contributed by atoms with Gasteiger partial charge in [0.05, 0.1) is 31.1 Å². The number of hydrogen-bond acceptors (Lipinski definition) is 5. The van der Waals surface area contributed by atoms with Gasteiger partial charge >= 0.3 is 0 Å². The Hall–Kier alpha value is -4.06. The highest BCUT2D eigenvalue weighted by Gasteiger charge is 2.41. The van der Waals surface area contributed by atoms with E-state index in [0.29, 0.717) is 6.42 Å². The van der Waals surface area contributed by atoms with Crippen molar-refractivity contribution < 1.29 is 14.3 Å². The van der Waals surface area contributed by atoms with Crippen molar-refractivity contribution in [3.63, 3.8) is 0 Å². The largest absolute Gasteiger partial charge is 0.497 e. The number of nitrogens with zero attached hydrogens (tertiary/aromatic N) is 1. The Morgan fingerprint density at radius 3 is 2.46 bits per heavy atom. The first-order chi connectivity index (χ1) is 17.8. The van der Waals surface area contributed by atoms with E-state index in [-0.39, 0.29) is 23.7 Å². The number of benzene rings is 3. The maximum Gasteiger partial charge on any atom is 0.243 e. The summed E-state index contributed by atoms with van der Waals surface area (Å²) in [5.41, 5.74) is 5.98. The summed E-state index contributed by atoms with van der Waals surface area (Å²) in [4.78, 5) is 29.3. The molecule has 1 heterocycles. The number of aryl methyl sites for hydroxylation is 1. The number of methoxy groups -OCH3 is 1. The fraction of sp³-hybridized carbons (Fsp3) is 0.290. The van der Waals surface area contributed by atoms with Crippen LogP contribution in [0.4, 0.5) is 17.1 Å². The highest BCUT2D eigenvalue weighted by Crippen LogP contribution is 2.48. The molecule has 1 aliphatic heterocycles. The summed E-state index contributed by atoms with van der Waals surface area (Å²) in [5.74, 6) is 0.706. The maximum atomic E-state index is 13.8.